The third-order valence-corrected chi connectivity index (χ3v) is 3.26. The van der Waals surface area contributed by atoms with E-state index < -0.39 is 5.91 Å². The van der Waals surface area contributed by atoms with Crippen LogP contribution < -0.4 is 10.7 Å². The number of aromatic hydroxyl groups is 1. The van der Waals surface area contributed by atoms with Crippen LogP contribution >= 0.6 is 15.9 Å². The van der Waals surface area contributed by atoms with Gasteiger partial charge < -0.3 is 10.4 Å². The summed E-state index contributed by atoms with van der Waals surface area (Å²) in [4.78, 5) is 23.5. The van der Waals surface area contributed by atoms with Gasteiger partial charge in [-0.15, -0.1) is 0 Å². The zero-order valence-electron chi connectivity index (χ0n) is 12.0. The SMILES string of the molecule is O=C(CNC(=O)c1cccc(Br)c1)N/N=C/c1cccc(O)c1. The second-order valence-corrected chi connectivity index (χ2v) is 5.50. The molecule has 2 rings (SSSR count). The van der Waals surface area contributed by atoms with Crippen LogP contribution in [0.15, 0.2) is 58.1 Å². The Kier molecular flexibility index (Phi) is 5.87. The van der Waals surface area contributed by atoms with E-state index in [0.29, 0.717) is 11.1 Å². The minimum atomic E-state index is -0.454. The molecule has 2 aromatic carbocycles. The maximum Gasteiger partial charge on any atom is 0.259 e. The predicted octanol–water partition coefficient (Wildman–Crippen LogP) is 2.03. The molecule has 0 aliphatic heterocycles. The Labute approximate surface area is 141 Å². The van der Waals surface area contributed by atoms with Crippen molar-refractivity contribution < 1.29 is 14.7 Å². The van der Waals surface area contributed by atoms with Crippen molar-refractivity contribution in [2.45, 2.75) is 0 Å². The van der Waals surface area contributed by atoms with Crippen molar-refractivity contribution in [1.82, 2.24) is 10.7 Å². The lowest BCUT2D eigenvalue weighted by Crippen LogP contribution is -2.34. The van der Waals surface area contributed by atoms with Gasteiger partial charge in [0.1, 0.15) is 5.75 Å². The maximum atomic E-state index is 11.9. The van der Waals surface area contributed by atoms with E-state index in [1.807, 2.05) is 0 Å². The van der Waals surface area contributed by atoms with Crippen molar-refractivity contribution in [3.05, 3.63) is 64.1 Å². The number of phenols is 1. The van der Waals surface area contributed by atoms with E-state index in [4.69, 9.17) is 0 Å². The van der Waals surface area contributed by atoms with E-state index in [2.05, 4.69) is 31.8 Å². The first kappa shape index (κ1) is 16.7. The molecule has 0 bridgehead atoms. The molecule has 3 N–H and O–H groups in total. The van der Waals surface area contributed by atoms with Crippen LogP contribution in [0.1, 0.15) is 15.9 Å². The van der Waals surface area contributed by atoms with Crippen molar-refractivity contribution in [3.8, 4) is 5.75 Å². The van der Waals surface area contributed by atoms with E-state index in [9.17, 15) is 14.7 Å². The standard InChI is InChI=1S/C16H14BrN3O3/c17-13-5-2-4-12(8-13)16(23)18-10-15(22)20-19-9-11-3-1-6-14(21)7-11/h1-9,21H,10H2,(H,18,23)(H,20,22)/b19-9+. The fourth-order valence-corrected chi connectivity index (χ4v) is 2.12. The summed E-state index contributed by atoms with van der Waals surface area (Å²) in [5.41, 5.74) is 3.39. The van der Waals surface area contributed by atoms with Crippen molar-refractivity contribution in [2.24, 2.45) is 5.10 Å². The molecule has 0 atom stereocenters. The molecule has 0 aromatic heterocycles. The minimum absolute atomic E-state index is 0.113. The molecule has 2 amide bonds. The summed E-state index contributed by atoms with van der Waals surface area (Å²) in [7, 11) is 0. The van der Waals surface area contributed by atoms with Crippen LogP contribution in [-0.4, -0.2) is 29.7 Å². The molecule has 7 heteroatoms. The number of phenolic OH excluding ortho intramolecular Hbond substituents is 1. The summed E-state index contributed by atoms with van der Waals surface area (Å²) < 4.78 is 0.783. The average Bonchev–Trinajstić information content (AvgIpc) is 2.52. The zero-order valence-corrected chi connectivity index (χ0v) is 13.6. The number of nitrogens with one attached hydrogen (secondary N) is 2. The molecule has 118 valence electrons. The number of halogens is 1. The fourth-order valence-electron chi connectivity index (χ4n) is 1.72. The lowest BCUT2D eigenvalue weighted by Gasteiger charge is -2.04. The van der Waals surface area contributed by atoms with Gasteiger partial charge in [0, 0.05) is 10.0 Å². The molecule has 0 saturated heterocycles. The molecule has 0 saturated carbocycles. The Morgan fingerprint density at radius 3 is 2.70 bits per heavy atom. The number of carbonyl (C=O) groups is 2. The topological polar surface area (TPSA) is 90.8 Å². The van der Waals surface area contributed by atoms with Gasteiger partial charge in [0.05, 0.1) is 12.8 Å². The lowest BCUT2D eigenvalue weighted by atomic mass is 10.2. The number of hydrogen-bond donors (Lipinski definition) is 3. The molecule has 0 spiro atoms. The maximum absolute atomic E-state index is 11.9. The van der Waals surface area contributed by atoms with Crippen LogP contribution in [0.25, 0.3) is 0 Å². The molecular weight excluding hydrogens is 362 g/mol. The van der Waals surface area contributed by atoms with Crippen LogP contribution in [0.4, 0.5) is 0 Å². The van der Waals surface area contributed by atoms with E-state index in [1.54, 1.807) is 36.4 Å². The van der Waals surface area contributed by atoms with Crippen molar-refractivity contribution in [3.63, 3.8) is 0 Å². The summed E-state index contributed by atoms with van der Waals surface area (Å²) in [5.74, 6) is -0.690. The second-order valence-electron chi connectivity index (χ2n) is 4.58. The van der Waals surface area contributed by atoms with Gasteiger partial charge in [0.2, 0.25) is 0 Å². The highest BCUT2D eigenvalue weighted by Crippen LogP contribution is 2.11. The van der Waals surface area contributed by atoms with Gasteiger partial charge in [0.25, 0.3) is 11.8 Å². The summed E-state index contributed by atoms with van der Waals surface area (Å²) in [6, 6.07) is 13.3. The van der Waals surface area contributed by atoms with E-state index in [0.717, 1.165) is 4.47 Å². The number of nitrogens with zero attached hydrogens (tertiary/aromatic N) is 1. The van der Waals surface area contributed by atoms with Gasteiger partial charge in [-0.2, -0.15) is 5.10 Å². The largest absolute Gasteiger partial charge is 0.508 e. The van der Waals surface area contributed by atoms with Gasteiger partial charge in [0.15, 0.2) is 0 Å². The highest BCUT2D eigenvalue weighted by molar-refractivity contribution is 9.10. The van der Waals surface area contributed by atoms with Crippen LogP contribution in [0.2, 0.25) is 0 Å². The number of carbonyl (C=O) groups excluding carboxylic acids is 2. The first-order valence-electron chi connectivity index (χ1n) is 6.69. The Morgan fingerprint density at radius 1 is 1.17 bits per heavy atom. The highest BCUT2D eigenvalue weighted by Gasteiger charge is 2.07. The van der Waals surface area contributed by atoms with Gasteiger partial charge in [-0.3, -0.25) is 9.59 Å². The molecular formula is C16H14BrN3O3. The molecule has 0 unspecified atom stereocenters. The summed E-state index contributed by atoms with van der Waals surface area (Å²) in [5, 5.41) is 15.5. The molecule has 2 aromatic rings. The Bertz CT molecular complexity index is 747. The van der Waals surface area contributed by atoms with E-state index >= 15 is 0 Å². The smallest absolute Gasteiger partial charge is 0.259 e. The normalized spacial score (nSPS) is 10.5. The highest BCUT2D eigenvalue weighted by atomic mass is 79.9. The number of benzene rings is 2. The van der Waals surface area contributed by atoms with Gasteiger partial charge in [-0.25, -0.2) is 5.43 Å². The molecule has 0 fully saturated rings. The van der Waals surface area contributed by atoms with Crippen molar-refractivity contribution >= 4 is 34.0 Å². The predicted molar refractivity (Wildman–Crippen MR) is 90.3 cm³/mol. The van der Waals surface area contributed by atoms with Crippen LogP contribution in [0.3, 0.4) is 0 Å². The minimum Gasteiger partial charge on any atom is -0.508 e. The third-order valence-electron chi connectivity index (χ3n) is 2.77. The van der Waals surface area contributed by atoms with Crippen molar-refractivity contribution in [2.75, 3.05) is 6.54 Å². The molecule has 0 heterocycles. The number of amides is 2. The second kappa shape index (κ2) is 8.09. The first-order chi connectivity index (χ1) is 11.0. The lowest BCUT2D eigenvalue weighted by molar-refractivity contribution is -0.120. The summed E-state index contributed by atoms with van der Waals surface area (Å²) in [6.45, 7) is -0.192. The first-order valence-corrected chi connectivity index (χ1v) is 7.48. The van der Waals surface area contributed by atoms with Crippen LogP contribution in [-0.2, 0) is 4.79 Å². The van der Waals surface area contributed by atoms with Gasteiger partial charge in [-0.05, 0) is 35.9 Å². The van der Waals surface area contributed by atoms with Gasteiger partial charge >= 0.3 is 0 Å². The zero-order chi connectivity index (χ0) is 16.7. The summed E-state index contributed by atoms with van der Waals surface area (Å²) >= 11 is 3.28. The molecule has 0 radical (unpaired) electrons. The molecule has 23 heavy (non-hydrogen) atoms. The van der Waals surface area contributed by atoms with Crippen LogP contribution in [0.5, 0.6) is 5.75 Å². The van der Waals surface area contributed by atoms with Gasteiger partial charge in [-0.1, -0.05) is 34.1 Å². The van der Waals surface area contributed by atoms with Crippen LogP contribution in [0, 0.1) is 0 Å². The number of hydrazone groups is 1. The molecule has 6 nitrogen and oxygen atoms in total. The quantitative estimate of drug-likeness (QED) is 0.551. The van der Waals surface area contributed by atoms with E-state index in [1.165, 1.54) is 18.3 Å². The fraction of sp³-hybridized carbons (Fsp3) is 0.0625. The van der Waals surface area contributed by atoms with E-state index in [-0.39, 0.29) is 18.2 Å². The number of rotatable bonds is 5. The average molecular weight is 376 g/mol. The molecule has 0 aliphatic carbocycles. The Hall–Kier alpha value is -2.67. The molecule has 0 aliphatic rings. The third kappa shape index (κ3) is 5.55. The van der Waals surface area contributed by atoms with Crippen molar-refractivity contribution in [1.29, 1.82) is 0 Å². The summed E-state index contributed by atoms with van der Waals surface area (Å²) in [6.07, 6.45) is 1.40. The number of hydrogen-bond acceptors (Lipinski definition) is 4. The Morgan fingerprint density at radius 2 is 1.96 bits per heavy atom. The monoisotopic (exact) mass is 375 g/mol. The Balaban J connectivity index is 1.80.